The smallest absolute Gasteiger partial charge is 0.272 e. The maximum atomic E-state index is 12.3. The maximum Gasteiger partial charge on any atom is 0.368 e. The van der Waals surface area contributed by atoms with Crippen molar-refractivity contribution in [3.05, 3.63) is 75.7 Å². The van der Waals surface area contributed by atoms with E-state index in [0.29, 0.717) is 0 Å². The molecule has 30 heavy (non-hydrogen) atoms. The zero-order chi connectivity index (χ0) is 21.3. The van der Waals surface area contributed by atoms with Gasteiger partial charge in [-0.1, -0.05) is 54.2 Å². The summed E-state index contributed by atoms with van der Waals surface area (Å²) in [6.45, 7) is 2.89. The lowest BCUT2D eigenvalue weighted by atomic mass is 10.1. The first kappa shape index (κ1) is 22.4. The molecule has 3 aromatic rings. The summed E-state index contributed by atoms with van der Waals surface area (Å²) >= 11 is 3.38. The Labute approximate surface area is 185 Å². The van der Waals surface area contributed by atoms with Gasteiger partial charge in [-0.2, -0.15) is 9.36 Å². The molecule has 2 aromatic carbocycles. The number of benzene rings is 2. The standard InChI is InChI=1S/C22H27N5OS2/c1-17-10-9-14-20(27-22(28)26(2)24-25-27)19(17)16-30-21(29-3)23-15-8-7-13-18-11-5-4-6-12-18/h4-6,9-12,14H,7-8,13,15-16H2,1-3H3/b23-21+. The van der Waals surface area contributed by atoms with Crippen LogP contribution >= 0.6 is 23.5 Å². The van der Waals surface area contributed by atoms with Crippen LogP contribution in [0.3, 0.4) is 0 Å². The van der Waals surface area contributed by atoms with Crippen LogP contribution in [0, 0.1) is 6.92 Å². The van der Waals surface area contributed by atoms with Crippen molar-refractivity contribution in [2.75, 3.05) is 12.8 Å². The largest absolute Gasteiger partial charge is 0.368 e. The molecule has 0 aliphatic rings. The van der Waals surface area contributed by atoms with Crippen molar-refractivity contribution in [1.82, 2.24) is 19.8 Å². The first-order chi connectivity index (χ1) is 14.6. The van der Waals surface area contributed by atoms with E-state index in [1.54, 1.807) is 30.6 Å². The third kappa shape index (κ3) is 5.86. The summed E-state index contributed by atoms with van der Waals surface area (Å²) in [6, 6.07) is 16.5. The van der Waals surface area contributed by atoms with Gasteiger partial charge in [-0.15, -0.1) is 11.8 Å². The molecule has 8 heteroatoms. The molecule has 0 amide bonds. The molecule has 0 saturated heterocycles. The molecule has 0 aliphatic carbocycles. The number of nitrogens with zero attached hydrogens (tertiary/aromatic N) is 5. The van der Waals surface area contributed by atoms with E-state index in [1.807, 2.05) is 12.1 Å². The van der Waals surface area contributed by atoms with Crippen molar-refractivity contribution in [2.24, 2.45) is 12.0 Å². The van der Waals surface area contributed by atoms with Crippen molar-refractivity contribution in [1.29, 1.82) is 0 Å². The summed E-state index contributed by atoms with van der Waals surface area (Å²) in [5, 5.41) is 7.84. The van der Waals surface area contributed by atoms with Crippen LogP contribution < -0.4 is 5.69 Å². The van der Waals surface area contributed by atoms with Crippen molar-refractivity contribution >= 4 is 27.9 Å². The van der Waals surface area contributed by atoms with E-state index in [9.17, 15) is 4.79 Å². The minimum Gasteiger partial charge on any atom is -0.272 e. The average Bonchev–Trinajstić information content (AvgIpc) is 3.09. The molecule has 0 spiro atoms. The SMILES string of the molecule is CS/C(=N\CCCCc1ccccc1)SCc1c(C)cccc1-n1nnn(C)c1=O. The topological polar surface area (TPSA) is 65.1 Å². The van der Waals surface area contributed by atoms with Gasteiger partial charge in [-0.3, -0.25) is 4.99 Å². The summed E-state index contributed by atoms with van der Waals surface area (Å²) in [4.78, 5) is 17.1. The number of hydrogen-bond donors (Lipinski definition) is 0. The van der Waals surface area contributed by atoms with Gasteiger partial charge in [0.25, 0.3) is 0 Å². The third-order valence-electron chi connectivity index (χ3n) is 4.81. The minimum atomic E-state index is -0.246. The highest BCUT2D eigenvalue weighted by Crippen LogP contribution is 2.26. The highest BCUT2D eigenvalue weighted by atomic mass is 32.2. The molecule has 0 atom stereocenters. The summed E-state index contributed by atoms with van der Waals surface area (Å²) in [7, 11) is 1.60. The van der Waals surface area contributed by atoms with E-state index in [1.165, 1.54) is 14.9 Å². The molecule has 0 saturated carbocycles. The maximum absolute atomic E-state index is 12.3. The molecule has 1 aromatic heterocycles. The van der Waals surface area contributed by atoms with Crippen molar-refractivity contribution < 1.29 is 0 Å². The fourth-order valence-corrected chi connectivity index (χ4v) is 4.79. The lowest BCUT2D eigenvalue weighted by molar-refractivity contribution is 0.692. The Morgan fingerprint density at radius 1 is 1.07 bits per heavy atom. The third-order valence-corrected chi connectivity index (χ3v) is 6.95. The van der Waals surface area contributed by atoms with Crippen LogP contribution in [-0.2, 0) is 19.2 Å². The summed E-state index contributed by atoms with van der Waals surface area (Å²) in [6.07, 6.45) is 5.36. The molecule has 3 rings (SSSR count). The second-order valence-corrected chi connectivity index (χ2v) is 8.97. The molecule has 0 N–H and O–H groups in total. The van der Waals surface area contributed by atoms with Crippen molar-refractivity contribution in [3.8, 4) is 5.69 Å². The highest BCUT2D eigenvalue weighted by molar-refractivity contribution is 8.38. The number of aryl methyl sites for hydroxylation is 3. The van der Waals surface area contributed by atoms with E-state index in [-0.39, 0.29) is 5.69 Å². The van der Waals surface area contributed by atoms with Crippen LogP contribution in [0.5, 0.6) is 0 Å². The molecule has 6 nitrogen and oxygen atoms in total. The number of aliphatic imine (C=N–C) groups is 1. The first-order valence-electron chi connectivity index (χ1n) is 9.93. The predicted octanol–water partition coefficient (Wildman–Crippen LogP) is 4.25. The van der Waals surface area contributed by atoms with Gasteiger partial charge < -0.3 is 0 Å². The molecule has 0 unspecified atom stereocenters. The van der Waals surface area contributed by atoms with Crippen molar-refractivity contribution in [3.63, 3.8) is 0 Å². The summed E-state index contributed by atoms with van der Waals surface area (Å²) in [5.41, 5.74) is 4.12. The zero-order valence-electron chi connectivity index (χ0n) is 17.6. The minimum absolute atomic E-state index is 0.246. The first-order valence-corrected chi connectivity index (χ1v) is 12.1. The molecule has 0 radical (unpaired) electrons. The van der Waals surface area contributed by atoms with Gasteiger partial charge in [0.1, 0.15) is 4.38 Å². The number of aromatic nitrogens is 4. The quantitative estimate of drug-likeness (QED) is 0.297. The lowest BCUT2D eigenvalue weighted by Crippen LogP contribution is -2.23. The second-order valence-electron chi connectivity index (χ2n) is 6.95. The highest BCUT2D eigenvalue weighted by Gasteiger charge is 2.14. The Kier molecular flexibility index (Phi) is 8.33. The van der Waals surface area contributed by atoms with Crippen molar-refractivity contribution in [2.45, 2.75) is 31.9 Å². The van der Waals surface area contributed by atoms with E-state index >= 15 is 0 Å². The van der Waals surface area contributed by atoms with E-state index in [2.05, 4.69) is 60.0 Å². The Morgan fingerprint density at radius 2 is 1.87 bits per heavy atom. The molecule has 0 aliphatic heterocycles. The van der Waals surface area contributed by atoms with Crippen LogP contribution in [0.4, 0.5) is 0 Å². The molecular weight excluding hydrogens is 414 g/mol. The molecule has 158 valence electrons. The second kappa shape index (κ2) is 11.2. The number of thioether (sulfide) groups is 2. The van der Waals surface area contributed by atoms with Gasteiger partial charge in [0.15, 0.2) is 0 Å². The number of tetrazole rings is 1. The van der Waals surface area contributed by atoms with Gasteiger partial charge in [0, 0.05) is 19.3 Å². The average molecular weight is 442 g/mol. The predicted molar refractivity (Wildman–Crippen MR) is 128 cm³/mol. The molecular formula is C22H27N5OS2. The van der Waals surface area contributed by atoms with Crippen LogP contribution in [-0.4, -0.2) is 37.0 Å². The number of unbranched alkanes of at least 4 members (excludes halogenated alkanes) is 1. The van der Waals surface area contributed by atoms with E-state index in [0.717, 1.165) is 52.8 Å². The monoisotopic (exact) mass is 441 g/mol. The lowest BCUT2D eigenvalue weighted by Gasteiger charge is -2.11. The Hall–Kier alpha value is -2.32. The molecule has 0 bridgehead atoms. The van der Waals surface area contributed by atoms with E-state index in [4.69, 9.17) is 4.99 Å². The van der Waals surface area contributed by atoms with Crippen LogP contribution in [0.15, 0.2) is 58.3 Å². The van der Waals surface area contributed by atoms with Crippen LogP contribution in [0.2, 0.25) is 0 Å². The van der Waals surface area contributed by atoms with Gasteiger partial charge >= 0.3 is 5.69 Å². The summed E-state index contributed by atoms with van der Waals surface area (Å²) < 4.78 is 3.67. The van der Waals surface area contributed by atoms with Gasteiger partial charge in [-0.05, 0) is 65.6 Å². The van der Waals surface area contributed by atoms with Crippen LogP contribution in [0.1, 0.15) is 29.5 Å². The Bertz CT molecular complexity index is 1040. The van der Waals surface area contributed by atoms with E-state index < -0.39 is 0 Å². The van der Waals surface area contributed by atoms with Gasteiger partial charge in [-0.25, -0.2) is 4.79 Å². The summed E-state index contributed by atoms with van der Waals surface area (Å²) in [5.74, 6) is 0.731. The molecule has 0 fully saturated rings. The molecule has 1 heterocycles. The Balaban J connectivity index is 1.60. The number of rotatable bonds is 8. The normalized spacial score (nSPS) is 11.8. The zero-order valence-corrected chi connectivity index (χ0v) is 19.2. The fourth-order valence-electron chi connectivity index (χ4n) is 3.10. The van der Waals surface area contributed by atoms with Crippen LogP contribution in [0.25, 0.3) is 5.69 Å². The number of hydrogen-bond acceptors (Lipinski definition) is 6. The van der Waals surface area contributed by atoms with Gasteiger partial charge in [0.05, 0.1) is 5.69 Å². The Morgan fingerprint density at radius 3 is 2.57 bits per heavy atom. The van der Waals surface area contributed by atoms with Gasteiger partial charge in [0.2, 0.25) is 0 Å². The fraction of sp³-hybridized carbons (Fsp3) is 0.364.